The average molecular weight is 391 g/mol. The molecule has 0 unspecified atom stereocenters. The monoisotopic (exact) mass is 390 g/mol. The number of hydrogen-bond donors (Lipinski definition) is 0. The Morgan fingerprint density at radius 2 is 1.90 bits per heavy atom. The van der Waals surface area contributed by atoms with Crippen molar-refractivity contribution in [3.05, 3.63) is 48.2 Å². The van der Waals surface area contributed by atoms with E-state index in [1.54, 1.807) is 6.20 Å². The van der Waals surface area contributed by atoms with Crippen LogP contribution >= 0.6 is 0 Å². The Balaban J connectivity index is 1.43. The third kappa shape index (κ3) is 4.75. The number of ketones is 1. The summed E-state index contributed by atoms with van der Waals surface area (Å²) in [7, 11) is 0. The van der Waals surface area contributed by atoms with Crippen molar-refractivity contribution in [2.24, 2.45) is 11.8 Å². The van der Waals surface area contributed by atoms with E-state index in [0.717, 1.165) is 46.5 Å². The van der Waals surface area contributed by atoms with Crippen molar-refractivity contribution in [1.29, 1.82) is 0 Å². The van der Waals surface area contributed by atoms with Crippen LogP contribution in [0.1, 0.15) is 63.5 Å². The number of unbranched alkanes of at least 4 members (excludes halogenated alkanes) is 1. The Hall–Kier alpha value is -2.49. The van der Waals surface area contributed by atoms with Gasteiger partial charge in [0.2, 0.25) is 0 Å². The lowest BCUT2D eigenvalue weighted by atomic mass is 9.77. The molecule has 0 bridgehead atoms. The van der Waals surface area contributed by atoms with E-state index < -0.39 is 0 Å². The average Bonchev–Trinajstić information content (AvgIpc) is 3.18. The molecule has 0 spiro atoms. The minimum atomic E-state index is 0.217. The summed E-state index contributed by atoms with van der Waals surface area (Å²) in [4.78, 5) is 21.6. The van der Waals surface area contributed by atoms with Crippen LogP contribution in [0.5, 0.6) is 0 Å². The van der Waals surface area contributed by atoms with E-state index in [2.05, 4.69) is 23.0 Å². The third-order valence-electron chi connectivity index (χ3n) is 6.31. The summed E-state index contributed by atoms with van der Waals surface area (Å²) in [6.07, 6.45) is 12.5. The maximum atomic E-state index is 12.9. The molecule has 1 fully saturated rings. The number of carbonyl (C=O) groups excluding carboxylic acids is 1. The first-order chi connectivity index (χ1) is 14.1. The maximum absolute atomic E-state index is 12.9. The number of Topliss-reactive ketones (excluding diaryl/α,β-unsaturated/α-hetero) is 1. The zero-order valence-electron chi connectivity index (χ0n) is 17.5. The molecule has 2 heterocycles. The van der Waals surface area contributed by atoms with Gasteiger partial charge in [0.1, 0.15) is 5.78 Å². The van der Waals surface area contributed by atoms with E-state index in [-0.39, 0.29) is 5.92 Å². The minimum absolute atomic E-state index is 0.217. The van der Waals surface area contributed by atoms with Crippen molar-refractivity contribution < 1.29 is 9.21 Å². The van der Waals surface area contributed by atoms with Gasteiger partial charge in [0.25, 0.3) is 0 Å². The Morgan fingerprint density at radius 3 is 2.62 bits per heavy atom. The second kappa shape index (κ2) is 8.89. The number of fused-ring (bicyclic) bond motifs is 1. The molecule has 152 valence electrons. The lowest BCUT2D eigenvalue weighted by Crippen LogP contribution is -2.23. The largest absolute Gasteiger partial charge is 0.441 e. The molecule has 4 nitrogen and oxygen atoms in total. The smallest absolute Gasteiger partial charge is 0.191 e. The molecule has 1 aliphatic rings. The third-order valence-corrected chi connectivity index (χ3v) is 6.31. The molecule has 1 aliphatic carbocycles. The highest BCUT2D eigenvalue weighted by molar-refractivity contribution is 5.88. The van der Waals surface area contributed by atoms with Gasteiger partial charge >= 0.3 is 0 Å². The van der Waals surface area contributed by atoms with Crippen LogP contribution in [0.2, 0.25) is 0 Å². The number of aromatic nitrogens is 2. The summed E-state index contributed by atoms with van der Waals surface area (Å²) in [5, 5.41) is 2.15. The van der Waals surface area contributed by atoms with E-state index in [4.69, 9.17) is 4.42 Å². The fraction of sp³-hybridized carbons (Fsp3) is 0.480. The number of carbonyl (C=O) groups is 1. The summed E-state index contributed by atoms with van der Waals surface area (Å²) in [5.74, 6) is 2.82. The standard InChI is InChI=1S/C25H30N2O2/c1-3-4-5-18-6-8-19(9-7-18)24(28)14-23-13-22-12-20(10-11-21(22)15-27-23)25-16-26-17(2)29-25/h10-13,15-16,18-19H,3-9,14H2,1-2H3. The van der Waals surface area contributed by atoms with E-state index in [9.17, 15) is 4.79 Å². The second-order valence-electron chi connectivity index (χ2n) is 8.48. The SMILES string of the molecule is CCCCC1CCC(C(=O)Cc2cc3cc(-c4cnc(C)o4)ccc3cn2)CC1. The molecule has 4 rings (SSSR count). The van der Waals surface area contributed by atoms with Gasteiger partial charge in [-0.05, 0) is 49.1 Å². The van der Waals surface area contributed by atoms with Crippen LogP contribution in [0.4, 0.5) is 0 Å². The van der Waals surface area contributed by atoms with E-state index in [1.165, 1.54) is 32.1 Å². The molecule has 0 N–H and O–H groups in total. The predicted molar refractivity (Wildman–Crippen MR) is 116 cm³/mol. The fourth-order valence-electron chi connectivity index (χ4n) is 4.52. The molecular formula is C25H30N2O2. The lowest BCUT2D eigenvalue weighted by Gasteiger charge is -2.27. The highest BCUT2D eigenvalue weighted by atomic mass is 16.4. The van der Waals surface area contributed by atoms with Crippen LogP contribution in [-0.4, -0.2) is 15.8 Å². The van der Waals surface area contributed by atoms with Crippen molar-refractivity contribution in [1.82, 2.24) is 9.97 Å². The topological polar surface area (TPSA) is 56.0 Å². The van der Waals surface area contributed by atoms with Gasteiger partial charge in [-0.15, -0.1) is 0 Å². The van der Waals surface area contributed by atoms with Crippen LogP contribution in [0.15, 0.2) is 41.1 Å². The molecule has 0 atom stereocenters. The van der Waals surface area contributed by atoms with Gasteiger partial charge in [0.05, 0.1) is 6.20 Å². The number of benzene rings is 1. The Morgan fingerprint density at radius 1 is 1.07 bits per heavy atom. The van der Waals surface area contributed by atoms with Gasteiger partial charge in [-0.2, -0.15) is 0 Å². The molecular weight excluding hydrogens is 360 g/mol. The van der Waals surface area contributed by atoms with Crippen LogP contribution in [0.25, 0.3) is 22.1 Å². The van der Waals surface area contributed by atoms with Gasteiger partial charge in [-0.3, -0.25) is 9.78 Å². The number of hydrogen-bond acceptors (Lipinski definition) is 4. The molecule has 4 heteroatoms. The number of nitrogens with zero attached hydrogens (tertiary/aromatic N) is 2. The first kappa shape index (κ1) is 19.8. The lowest BCUT2D eigenvalue weighted by molar-refractivity contribution is -0.123. The number of rotatable bonds is 7. The second-order valence-corrected chi connectivity index (χ2v) is 8.48. The van der Waals surface area contributed by atoms with Crippen LogP contribution in [0, 0.1) is 18.8 Å². The van der Waals surface area contributed by atoms with Crippen molar-refractivity contribution in [3.63, 3.8) is 0 Å². The van der Waals surface area contributed by atoms with Crippen molar-refractivity contribution in [3.8, 4) is 11.3 Å². The zero-order valence-corrected chi connectivity index (χ0v) is 17.5. The summed E-state index contributed by atoms with van der Waals surface area (Å²) >= 11 is 0. The van der Waals surface area contributed by atoms with Crippen LogP contribution in [-0.2, 0) is 11.2 Å². The highest BCUT2D eigenvalue weighted by Crippen LogP contribution is 2.33. The summed E-state index contributed by atoms with van der Waals surface area (Å²) in [6.45, 7) is 4.09. The Kier molecular flexibility index (Phi) is 6.08. The first-order valence-corrected chi connectivity index (χ1v) is 11.0. The Labute approximate surface area is 172 Å². The van der Waals surface area contributed by atoms with Crippen molar-refractivity contribution >= 4 is 16.6 Å². The van der Waals surface area contributed by atoms with Gasteiger partial charge < -0.3 is 4.42 Å². The van der Waals surface area contributed by atoms with E-state index in [0.29, 0.717) is 18.1 Å². The predicted octanol–water partition coefficient (Wildman–Crippen LogP) is 6.31. The zero-order chi connectivity index (χ0) is 20.2. The molecule has 29 heavy (non-hydrogen) atoms. The van der Waals surface area contributed by atoms with E-state index in [1.807, 2.05) is 31.3 Å². The van der Waals surface area contributed by atoms with Gasteiger partial charge in [-0.25, -0.2) is 4.98 Å². The minimum Gasteiger partial charge on any atom is -0.441 e. The first-order valence-electron chi connectivity index (χ1n) is 11.0. The summed E-state index contributed by atoms with van der Waals surface area (Å²) < 4.78 is 5.64. The quantitative estimate of drug-likeness (QED) is 0.474. The molecule has 0 aliphatic heterocycles. The molecule has 0 saturated heterocycles. The van der Waals surface area contributed by atoms with Gasteiger partial charge in [0.15, 0.2) is 11.7 Å². The molecule has 2 aromatic heterocycles. The van der Waals surface area contributed by atoms with Crippen LogP contribution in [0.3, 0.4) is 0 Å². The van der Waals surface area contributed by atoms with E-state index >= 15 is 0 Å². The highest BCUT2D eigenvalue weighted by Gasteiger charge is 2.26. The van der Waals surface area contributed by atoms with Crippen molar-refractivity contribution in [2.45, 2.75) is 65.2 Å². The summed E-state index contributed by atoms with van der Waals surface area (Å²) in [5.41, 5.74) is 1.86. The van der Waals surface area contributed by atoms with Gasteiger partial charge in [-0.1, -0.05) is 38.3 Å². The van der Waals surface area contributed by atoms with Crippen molar-refractivity contribution in [2.75, 3.05) is 0 Å². The molecule has 1 aromatic carbocycles. The maximum Gasteiger partial charge on any atom is 0.191 e. The van der Waals surface area contributed by atoms with Crippen LogP contribution < -0.4 is 0 Å². The molecule has 3 aromatic rings. The fourth-order valence-corrected chi connectivity index (χ4v) is 4.52. The molecule has 0 amide bonds. The Bertz CT molecular complexity index is 983. The number of pyridine rings is 1. The number of oxazole rings is 1. The normalized spacial score (nSPS) is 19.5. The molecule has 1 saturated carbocycles. The summed E-state index contributed by atoms with van der Waals surface area (Å²) in [6, 6.07) is 8.20. The number of aryl methyl sites for hydroxylation is 1. The van der Waals surface area contributed by atoms with Gasteiger partial charge in [0, 0.05) is 42.1 Å². The molecule has 0 radical (unpaired) electrons.